The van der Waals surface area contributed by atoms with Crippen molar-refractivity contribution in [1.82, 2.24) is 9.78 Å². The van der Waals surface area contributed by atoms with Crippen molar-refractivity contribution in [3.8, 4) is 5.75 Å². The molecule has 0 amide bonds. The van der Waals surface area contributed by atoms with E-state index in [0.717, 1.165) is 12.1 Å². The smallest absolute Gasteiger partial charge is 0.357 e. The van der Waals surface area contributed by atoms with Gasteiger partial charge in [-0.15, -0.1) is 0 Å². The van der Waals surface area contributed by atoms with Gasteiger partial charge in [0.25, 0.3) is 0 Å². The molecule has 0 atom stereocenters. The van der Waals surface area contributed by atoms with E-state index >= 15 is 0 Å². The minimum Gasteiger partial charge on any atom is -0.497 e. The highest BCUT2D eigenvalue weighted by molar-refractivity contribution is 6.01. The van der Waals surface area contributed by atoms with Gasteiger partial charge in [0.2, 0.25) is 0 Å². The van der Waals surface area contributed by atoms with E-state index in [-0.39, 0.29) is 17.8 Å². The van der Waals surface area contributed by atoms with Crippen LogP contribution in [0.25, 0.3) is 10.9 Å². The molecule has 3 aromatic rings. The molecule has 0 aliphatic rings. The lowest BCUT2D eigenvalue weighted by Gasteiger charge is -2.06. The van der Waals surface area contributed by atoms with Gasteiger partial charge >= 0.3 is 5.97 Å². The quantitative estimate of drug-likeness (QED) is 0.803. The topological polar surface area (TPSA) is 64.3 Å². The van der Waals surface area contributed by atoms with Crippen LogP contribution in [0.2, 0.25) is 0 Å². The van der Waals surface area contributed by atoms with Crippen LogP contribution >= 0.6 is 0 Å². The summed E-state index contributed by atoms with van der Waals surface area (Å²) in [5.74, 6) is -2.05. The van der Waals surface area contributed by atoms with Crippen LogP contribution < -0.4 is 4.74 Å². The van der Waals surface area contributed by atoms with Gasteiger partial charge in [-0.1, -0.05) is 6.07 Å². The van der Waals surface area contributed by atoms with Gasteiger partial charge in [-0.05, 0) is 18.2 Å². The molecule has 0 spiro atoms. The van der Waals surface area contributed by atoms with E-state index in [1.807, 2.05) is 0 Å². The second kappa shape index (κ2) is 5.68. The summed E-state index contributed by atoms with van der Waals surface area (Å²) >= 11 is 0. The fraction of sp³-hybridized carbons (Fsp3) is 0.125. The summed E-state index contributed by atoms with van der Waals surface area (Å²) in [4.78, 5) is 11.3. The minimum absolute atomic E-state index is 0.0247. The first-order valence-corrected chi connectivity index (χ1v) is 6.71. The molecule has 7 heteroatoms. The highest BCUT2D eigenvalue weighted by Crippen LogP contribution is 2.25. The van der Waals surface area contributed by atoms with E-state index in [9.17, 15) is 18.7 Å². The molecule has 3 rings (SSSR count). The molecular formula is C16H12F2N2O3. The molecule has 0 aliphatic carbocycles. The highest BCUT2D eigenvalue weighted by atomic mass is 19.1. The fourth-order valence-corrected chi connectivity index (χ4v) is 2.37. The van der Waals surface area contributed by atoms with Crippen molar-refractivity contribution >= 4 is 16.9 Å². The Labute approximate surface area is 129 Å². The van der Waals surface area contributed by atoms with Crippen molar-refractivity contribution in [1.29, 1.82) is 0 Å². The van der Waals surface area contributed by atoms with Crippen molar-refractivity contribution in [3.63, 3.8) is 0 Å². The molecule has 0 bridgehead atoms. The van der Waals surface area contributed by atoms with Gasteiger partial charge in [-0.25, -0.2) is 13.6 Å². The largest absolute Gasteiger partial charge is 0.497 e. The summed E-state index contributed by atoms with van der Waals surface area (Å²) in [6.07, 6.45) is 0. The van der Waals surface area contributed by atoms with E-state index in [1.54, 1.807) is 18.2 Å². The number of nitrogens with zero attached hydrogens (tertiary/aromatic N) is 2. The second-order valence-electron chi connectivity index (χ2n) is 4.93. The molecular weight excluding hydrogens is 306 g/mol. The molecule has 1 N–H and O–H groups in total. The van der Waals surface area contributed by atoms with Crippen molar-refractivity contribution in [2.45, 2.75) is 6.54 Å². The molecule has 0 saturated carbocycles. The van der Waals surface area contributed by atoms with Gasteiger partial charge in [0.15, 0.2) is 5.69 Å². The van der Waals surface area contributed by atoms with E-state index in [1.165, 1.54) is 17.9 Å². The Morgan fingerprint density at radius 2 is 2.04 bits per heavy atom. The zero-order valence-electron chi connectivity index (χ0n) is 12.1. The van der Waals surface area contributed by atoms with Crippen molar-refractivity contribution in [3.05, 3.63) is 59.3 Å². The predicted molar refractivity (Wildman–Crippen MR) is 78.7 cm³/mol. The number of halogens is 2. The molecule has 0 saturated heterocycles. The Morgan fingerprint density at radius 1 is 1.26 bits per heavy atom. The Balaban J connectivity index is 2.14. The van der Waals surface area contributed by atoms with Gasteiger partial charge in [-0.2, -0.15) is 5.10 Å². The van der Waals surface area contributed by atoms with Crippen molar-refractivity contribution in [2.24, 2.45) is 0 Å². The third kappa shape index (κ3) is 2.73. The third-order valence-electron chi connectivity index (χ3n) is 3.50. The molecule has 0 fully saturated rings. The zero-order chi connectivity index (χ0) is 16.6. The number of rotatable bonds is 4. The SMILES string of the molecule is COc1ccc2c(C(=O)O)nn(Cc3ccc(F)cc3F)c2c1. The average Bonchev–Trinajstić information content (AvgIpc) is 2.88. The molecule has 0 radical (unpaired) electrons. The first-order chi connectivity index (χ1) is 11.0. The summed E-state index contributed by atoms with van der Waals surface area (Å²) in [7, 11) is 1.49. The van der Waals surface area contributed by atoms with Gasteiger partial charge in [-0.3, -0.25) is 4.68 Å². The Hall–Kier alpha value is -2.96. The van der Waals surface area contributed by atoms with Crippen LogP contribution in [0.5, 0.6) is 5.75 Å². The van der Waals surface area contributed by atoms with Gasteiger partial charge in [0, 0.05) is 23.1 Å². The Kier molecular flexibility index (Phi) is 3.69. The van der Waals surface area contributed by atoms with Crippen LogP contribution in [0.4, 0.5) is 8.78 Å². The van der Waals surface area contributed by atoms with Crippen molar-refractivity contribution in [2.75, 3.05) is 7.11 Å². The van der Waals surface area contributed by atoms with E-state index < -0.39 is 17.6 Å². The molecule has 5 nitrogen and oxygen atoms in total. The Morgan fingerprint density at radius 3 is 2.70 bits per heavy atom. The van der Waals surface area contributed by atoms with Gasteiger partial charge < -0.3 is 9.84 Å². The number of carboxylic acids is 1. The molecule has 23 heavy (non-hydrogen) atoms. The minimum atomic E-state index is -1.18. The number of hydrogen-bond donors (Lipinski definition) is 1. The van der Waals surface area contributed by atoms with Crippen LogP contribution in [0.15, 0.2) is 36.4 Å². The molecule has 2 aromatic carbocycles. The van der Waals surface area contributed by atoms with Crippen LogP contribution in [0.3, 0.4) is 0 Å². The molecule has 1 heterocycles. The lowest BCUT2D eigenvalue weighted by Crippen LogP contribution is -2.06. The molecule has 1 aromatic heterocycles. The highest BCUT2D eigenvalue weighted by Gasteiger charge is 2.18. The second-order valence-corrected chi connectivity index (χ2v) is 4.93. The number of ether oxygens (including phenoxy) is 1. The number of aromatic nitrogens is 2. The maximum absolute atomic E-state index is 13.8. The number of hydrogen-bond acceptors (Lipinski definition) is 3. The standard InChI is InChI=1S/C16H12F2N2O3/c1-23-11-4-5-12-14(7-11)20(19-15(12)16(21)22)8-9-2-3-10(17)6-13(9)18/h2-7H,8H2,1H3,(H,21,22). The zero-order valence-corrected chi connectivity index (χ0v) is 12.1. The van der Waals surface area contributed by atoms with Crippen LogP contribution in [-0.4, -0.2) is 28.0 Å². The maximum atomic E-state index is 13.8. The summed E-state index contributed by atoms with van der Waals surface area (Å²) in [5, 5.41) is 13.7. The number of methoxy groups -OCH3 is 1. The molecule has 118 valence electrons. The van der Waals surface area contributed by atoms with Crippen molar-refractivity contribution < 1.29 is 23.4 Å². The number of benzene rings is 2. The maximum Gasteiger partial charge on any atom is 0.357 e. The number of aromatic carboxylic acids is 1. The predicted octanol–water partition coefficient (Wildman–Crippen LogP) is 3.07. The van der Waals surface area contributed by atoms with Crippen LogP contribution in [0.1, 0.15) is 16.1 Å². The van der Waals surface area contributed by atoms with E-state index in [2.05, 4.69) is 5.10 Å². The third-order valence-corrected chi connectivity index (χ3v) is 3.50. The number of carbonyl (C=O) groups is 1. The van der Waals surface area contributed by atoms with Gasteiger partial charge in [0.1, 0.15) is 17.4 Å². The Bertz CT molecular complexity index is 906. The van der Waals surface area contributed by atoms with Gasteiger partial charge in [0.05, 0.1) is 19.2 Å². The summed E-state index contributed by atoms with van der Waals surface area (Å²) in [6, 6.07) is 8.05. The average molecular weight is 318 g/mol. The van der Waals surface area contributed by atoms with E-state index in [4.69, 9.17) is 4.74 Å². The fourth-order valence-electron chi connectivity index (χ4n) is 2.37. The first-order valence-electron chi connectivity index (χ1n) is 6.71. The van der Waals surface area contributed by atoms with Crippen LogP contribution in [0, 0.1) is 11.6 Å². The summed E-state index contributed by atoms with van der Waals surface area (Å²) in [5.41, 5.74) is 0.561. The number of carboxylic acid groups (broad SMARTS) is 1. The van der Waals surface area contributed by atoms with E-state index in [0.29, 0.717) is 16.7 Å². The molecule has 0 aliphatic heterocycles. The summed E-state index contributed by atoms with van der Waals surface area (Å²) < 4.78 is 33.3. The lowest BCUT2D eigenvalue weighted by molar-refractivity contribution is 0.0691. The monoisotopic (exact) mass is 318 g/mol. The number of fused-ring (bicyclic) bond motifs is 1. The lowest BCUT2D eigenvalue weighted by atomic mass is 10.2. The first kappa shape index (κ1) is 15.0. The summed E-state index contributed by atoms with van der Waals surface area (Å²) in [6.45, 7) is -0.0247. The molecule has 0 unspecified atom stereocenters. The normalized spacial score (nSPS) is 10.9. The van der Waals surface area contributed by atoms with Crippen LogP contribution in [-0.2, 0) is 6.54 Å².